The topological polar surface area (TPSA) is 95.7 Å². The molecule has 0 spiro atoms. The minimum atomic E-state index is -3.65. The molecule has 21 heavy (non-hydrogen) atoms. The number of benzene rings is 1. The summed E-state index contributed by atoms with van der Waals surface area (Å²) in [5.41, 5.74) is 0.960. The highest BCUT2D eigenvalue weighted by Gasteiger charge is 2.19. The van der Waals surface area contributed by atoms with Gasteiger partial charge in [0.2, 0.25) is 15.9 Å². The maximum Gasteiger partial charge on any atom is 0.238 e. The Morgan fingerprint density at radius 3 is 2.24 bits per heavy atom. The number of hydrogen-bond acceptors (Lipinski definition) is 5. The standard InChI is InChI=1S/C13H20N4O3S/c1-15-13(18)10-16-6-8-17(9-7-16)11-2-4-12(5-3-11)21(14,19)20/h2-5H,6-10H2,1H3,(H,15,18)(H2,14,19,20). The summed E-state index contributed by atoms with van der Waals surface area (Å²) < 4.78 is 22.4. The van der Waals surface area contributed by atoms with E-state index in [1.807, 2.05) is 0 Å². The van der Waals surface area contributed by atoms with E-state index in [4.69, 9.17) is 5.14 Å². The Hall–Kier alpha value is -1.64. The second kappa shape index (κ2) is 6.42. The lowest BCUT2D eigenvalue weighted by atomic mass is 10.2. The van der Waals surface area contributed by atoms with Gasteiger partial charge in [0.05, 0.1) is 11.4 Å². The van der Waals surface area contributed by atoms with Crippen molar-refractivity contribution in [1.29, 1.82) is 0 Å². The number of carbonyl (C=O) groups is 1. The van der Waals surface area contributed by atoms with Gasteiger partial charge in [-0.25, -0.2) is 13.6 Å². The number of nitrogens with zero attached hydrogens (tertiary/aromatic N) is 2. The molecule has 2 rings (SSSR count). The lowest BCUT2D eigenvalue weighted by Crippen LogP contribution is -2.49. The van der Waals surface area contributed by atoms with Crippen molar-refractivity contribution < 1.29 is 13.2 Å². The molecular weight excluding hydrogens is 292 g/mol. The van der Waals surface area contributed by atoms with Gasteiger partial charge >= 0.3 is 0 Å². The molecule has 0 radical (unpaired) electrons. The quantitative estimate of drug-likeness (QED) is 0.759. The second-order valence-corrected chi connectivity index (χ2v) is 6.54. The normalized spacial score (nSPS) is 16.8. The molecule has 0 unspecified atom stereocenters. The van der Waals surface area contributed by atoms with Crippen molar-refractivity contribution in [1.82, 2.24) is 10.2 Å². The van der Waals surface area contributed by atoms with E-state index in [1.54, 1.807) is 19.2 Å². The van der Waals surface area contributed by atoms with Crippen LogP contribution in [0.2, 0.25) is 0 Å². The van der Waals surface area contributed by atoms with Crippen LogP contribution in [0.1, 0.15) is 0 Å². The van der Waals surface area contributed by atoms with E-state index >= 15 is 0 Å². The Labute approximate surface area is 124 Å². The maximum atomic E-state index is 11.3. The summed E-state index contributed by atoms with van der Waals surface area (Å²) in [7, 11) is -2.02. The van der Waals surface area contributed by atoms with Gasteiger partial charge in [0, 0.05) is 38.9 Å². The van der Waals surface area contributed by atoms with Crippen molar-refractivity contribution in [3.8, 4) is 0 Å². The van der Waals surface area contributed by atoms with E-state index in [1.165, 1.54) is 12.1 Å². The van der Waals surface area contributed by atoms with Gasteiger partial charge in [0.15, 0.2) is 0 Å². The molecule has 3 N–H and O–H groups in total. The number of nitrogens with two attached hydrogens (primary N) is 1. The van der Waals surface area contributed by atoms with Gasteiger partial charge < -0.3 is 10.2 Å². The number of piperazine rings is 1. The van der Waals surface area contributed by atoms with Crippen LogP contribution in [0.15, 0.2) is 29.2 Å². The molecule has 0 aromatic heterocycles. The molecule has 1 saturated heterocycles. The van der Waals surface area contributed by atoms with Crippen LogP contribution in [0.5, 0.6) is 0 Å². The van der Waals surface area contributed by atoms with Crippen molar-refractivity contribution in [2.75, 3.05) is 44.7 Å². The fourth-order valence-electron chi connectivity index (χ4n) is 2.29. The number of nitrogens with one attached hydrogen (secondary N) is 1. The molecule has 0 atom stereocenters. The van der Waals surface area contributed by atoms with Crippen LogP contribution in [0.25, 0.3) is 0 Å². The van der Waals surface area contributed by atoms with Crippen molar-refractivity contribution >= 4 is 21.6 Å². The summed E-state index contributed by atoms with van der Waals surface area (Å²) >= 11 is 0. The summed E-state index contributed by atoms with van der Waals surface area (Å²) in [4.78, 5) is 15.7. The number of anilines is 1. The molecule has 1 aromatic rings. The van der Waals surface area contributed by atoms with Gasteiger partial charge in [0.1, 0.15) is 0 Å². The molecular formula is C13H20N4O3S. The zero-order valence-corrected chi connectivity index (χ0v) is 12.8. The molecule has 1 amide bonds. The van der Waals surface area contributed by atoms with Crippen LogP contribution in [0.3, 0.4) is 0 Å². The van der Waals surface area contributed by atoms with Gasteiger partial charge in [0.25, 0.3) is 0 Å². The molecule has 7 nitrogen and oxygen atoms in total. The third-order valence-electron chi connectivity index (χ3n) is 3.55. The molecule has 116 valence electrons. The van der Waals surface area contributed by atoms with Gasteiger partial charge in [-0.15, -0.1) is 0 Å². The van der Waals surface area contributed by atoms with E-state index in [2.05, 4.69) is 15.1 Å². The summed E-state index contributed by atoms with van der Waals surface area (Å²) in [5.74, 6) is 0.0148. The lowest BCUT2D eigenvalue weighted by Gasteiger charge is -2.35. The Morgan fingerprint density at radius 2 is 1.76 bits per heavy atom. The largest absolute Gasteiger partial charge is 0.369 e. The Balaban J connectivity index is 1.95. The number of likely N-dealkylation sites (N-methyl/N-ethyl adjacent to an activating group) is 1. The number of primary sulfonamides is 1. The van der Waals surface area contributed by atoms with Crippen LogP contribution in [-0.4, -0.2) is 59.0 Å². The number of amides is 1. The minimum Gasteiger partial charge on any atom is -0.369 e. The predicted octanol–water partition coefficient (Wildman–Crippen LogP) is -0.798. The van der Waals surface area contributed by atoms with E-state index in [0.717, 1.165) is 31.9 Å². The molecule has 0 saturated carbocycles. The first-order chi connectivity index (χ1) is 9.90. The van der Waals surface area contributed by atoms with Crippen LogP contribution in [0, 0.1) is 0 Å². The Bertz CT molecular complexity index is 592. The molecule has 1 aliphatic rings. The van der Waals surface area contributed by atoms with E-state index in [-0.39, 0.29) is 10.8 Å². The lowest BCUT2D eigenvalue weighted by molar-refractivity contribution is -0.121. The average molecular weight is 312 g/mol. The third-order valence-corrected chi connectivity index (χ3v) is 4.48. The Morgan fingerprint density at radius 1 is 1.19 bits per heavy atom. The molecule has 1 fully saturated rings. The van der Waals surface area contributed by atoms with Crippen molar-refractivity contribution in [3.05, 3.63) is 24.3 Å². The predicted molar refractivity (Wildman–Crippen MR) is 80.5 cm³/mol. The van der Waals surface area contributed by atoms with E-state index < -0.39 is 10.0 Å². The van der Waals surface area contributed by atoms with Crippen molar-refractivity contribution in [3.63, 3.8) is 0 Å². The highest BCUT2D eigenvalue weighted by molar-refractivity contribution is 7.89. The van der Waals surface area contributed by atoms with Gasteiger partial charge in [-0.05, 0) is 24.3 Å². The molecule has 8 heteroatoms. The first-order valence-electron chi connectivity index (χ1n) is 6.71. The zero-order valence-electron chi connectivity index (χ0n) is 11.9. The molecule has 1 heterocycles. The zero-order chi connectivity index (χ0) is 15.5. The highest BCUT2D eigenvalue weighted by Crippen LogP contribution is 2.18. The smallest absolute Gasteiger partial charge is 0.238 e. The van der Waals surface area contributed by atoms with Crippen LogP contribution < -0.4 is 15.4 Å². The summed E-state index contributed by atoms with van der Waals surface area (Å²) in [5, 5.41) is 7.69. The first-order valence-corrected chi connectivity index (χ1v) is 8.25. The fraction of sp³-hybridized carbons (Fsp3) is 0.462. The molecule has 0 bridgehead atoms. The molecule has 1 aromatic carbocycles. The number of sulfonamides is 1. The van der Waals surface area contributed by atoms with Crippen LogP contribution in [0.4, 0.5) is 5.69 Å². The second-order valence-electron chi connectivity index (χ2n) is 4.98. The number of carbonyl (C=O) groups excluding carboxylic acids is 1. The minimum absolute atomic E-state index is 0.0148. The van der Waals surface area contributed by atoms with Crippen LogP contribution in [-0.2, 0) is 14.8 Å². The fourth-order valence-corrected chi connectivity index (χ4v) is 2.81. The maximum absolute atomic E-state index is 11.3. The van der Waals surface area contributed by atoms with Gasteiger partial charge in [-0.1, -0.05) is 0 Å². The SMILES string of the molecule is CNC(=O)CN1CCN(c2ccc(S(N)(=O)=O)cc2)CC1. The monoisotopic (exact) mass is 312 g/mol. The van der Waals surface area contributed by atoms with E-state index in [9.17, 15) is 13.2 Å². The van der Waals surface area contributed by atoms with Crippen LogP contribution >= 0.6 is 0 Å². The Kier molecular flexibility index (Phi) is 4.81. The number of hydrogen-bond donors (Lipinski definition) is 2. The molecule has 0 aliphatic carbocycles. The summed E-state index contributed by atoms with van der Waals surface area (Å²) in [6, 6.07) is 6.55. The van der Waals surface area contributed by atoms with E-state index in [0.29, 0.717) is 6.54 Å². The van der Waals surface area contributed by atoms with Gasteiger partial charge in [-0.3, -0.25) is 9.69 Å². The highest BCUT2D eigenvalue weighted by atomic mass is 32.2. The molecule has 1 aliphatic heterocycles. The van der Waals surface area contributed by atoms with Crippen molar-refractivity contribution in [2.24, 2.45) is 5.14 Å². The summed E-state index contributed by atoms with van der Waals surface area (Å²) in [6.45, 7) is 3.60. The van der Waals surface area contributed by atoms with Gasteiger partial charge in [-0.2, -0.15) is 0 Å². The summed E-state index contributed by atoms with van der Waals surface area (Å²) in [6.07, 6.45) is 0. The third kappa shape index (κ3) is 4.16. The number of rotatable bonds is 4. The first kappa shape index (κ1) is 15.7. The average Bonchev–Trinajstić information content (AvgIpc) is 2.47. The van der Waals surface area contributed by atoms with Crippen molar-refractivity contribution in [2.45, 2.75) is 4.90 Å².